The summed E-state index contributed by atoms with van der Waals surface area (Å²) in [5.74, 6) is -1.54. The van der Waals surface area contributed by atoms with Crippen LogP contribution in [0, 0.1) is 0 Å². The summed E-state index contributed by atoms with van der Waals surface area (Å²) in [7, 11) is 0. The lowest BCUT2D eigenvalue weighted by molar-refractivity contribution is 0.0512. The van der Waals surface area contributed by atoms with Gasteiger partial charge in [-0.25, -0.2) is 13.6 Å². The molecule has 0 saturated heterocycles. The first-order chi connectivity index (χ1) is 8.90. The van der Waals surface area contributed by atoms with Gasteiger partial charge in [-0.05, 0) is 13.8 Å². The number of hydrogen-bond donors (Lipinski definition) is 0. The maximum absolute atomic E-state index is 12.9. The molecule has 0 fully saturated rings. The fourth-order valence-corrected chi connectivity index (χ4v) is 1.72. The van der Waals surface area contributed by atoms with E-state index in [1.165, 1.54) is 19.1 Å². The third-order valence-corrected chi connectivity index (χ3v) is 2.64. The normalized spacial score (nSPS) is 12.3. The lowest BCUT2D eigenvalue weighted by atomic mass is 9.97. The zero-order chi connectivity index (χ0) is 14.6. The minimum absolute atomic E-state index is 0.0282. The predicted molar refractivity (Wildman–Crippen MR) is 67.0 cm³/mol. The lowest BCUT2D eigenvalue weighted by Crippen LogP contribution is -2.19. The van der Waals surface area contributed by atoms with Gasteiger partial charge in [0.1, 0.15) is 0 Å². The van der Waals surface area contributed by atoms with E-state index in [1.54, 1.807) is 6.92 Å². The van der Waals surface area contributed by atoms with Gasteiger partial charge in [0.15, 0.2) is 5.78 Å². The molecule has 0 amide bonds. The van der Waals surface area contributed by atoms with Crippen LogP contribution in [0.15, 0.2) is 18.2 Å². The molecule has 0 spiro atoms. The Hall–Kier alpha value is -1.49. The van der Waals surface area contributed by atoms with E-state index in [4.69, 9.17) is 16.3 Å². The summed E-state index contributed by atoms with van der Waals surface area (Å²) in [4.78, 5) is 23.6. The second-order valence-corrected chi connectivity index (χ2v) is 4.43. The van der Waals surface area contributed by atoms with Crippen molar-refractivity contribution in [2.45, 2.75) is 25.7 Å². The molecule has 0 heterocycles. The smallest absolute Gasteiger partial charge is 0.339 e. The molecule has 0 aliphatic rings. The molecule has 19 heavy (non-hydrogen) atoms. The fourth-order valence-electron chi connectivity index (χ4n) is 1.60. The average Bonchev–Trinajstić information content (AvgIpc) is 2.36. The quantitative estimate of drug-likeness (QED) is 0.473. The average molecular weight is 291 g/mol. The Balaban J connectivity index is 3.42. The topological polar surface area (TPSA) is 43.4 Å². The molecular weight excluding hydrogens is 278 g/mol. The number of benzene rings is 1. The highest BCUT2D eigenvalue weighted by Gasteiger charge is 2.27. The van der Waals surface area contributed by atoms with E-state index in [0.29, 0.717) is 0 Å². The highest BCUT2D eigenvalue weighted by molar-refractivity contribution is 6.34. The monoisotopic (exact) mass is 290 g/mol. The first kappa shape index (κ1) is 15.6. The molecular formula is C13H13ClF2O3. The zero-order valence-corrected chi connectivity index (χ0v) is 11.2. The van der Waals surface area contributed by atoms with Crippen molar-refractivity contribution in [2.75, 3.05) is 6.61 Å². The Morgan fingerprint density at radius 2 is 2.00 bits per heavy atom. The van der Waals surface area contributed by atoms with Crippen LogP contribution in [0.2, 0.25) is 0 Å². The molecule has 0 radical (unpaired) electrons. The van der Waals surface area contributed by atoms with E-state index in [0.717, 1.165) is 6.07 Å². The van der Waals surface area contributed by atoms with Crippen molar-refractivity contribution in [1.82, 2.24) is 0 Å². The second-order valence-electron chi connectivity index (χ2n) is 3.77. The zero-order valence-electron chi connectivity index (χ0n) is 10.5. The summed E-state index contributed by atoms with van der Waals surface area (Å²) >= 11 is 5.66. The number of esters is 1. The van der Waals surface area contributed by atoms with Gasteiger partial charge in [-0.15, -0.1) is 11.6 Å². The lowest BCUT2D eigenvalue weighted by Gasteiger charge is -2.13. The number of ether oxygens (including phenoxy) is 1. The van der Waals surface area contributed by atoms with Crippen LogP contribution in [-0.2, 0) is 4.74 Å². The van der Waals surface area contributed by atoms with Gasteiger partial charge in [0.05, 0.1) is 17.5 Å². The Bertz CT molecular complexity index is 487. The summed E-state index contributed by atoms with van der Waals surface area (Å²) in [5, 5.41) is -0.916. The molecule has 0 aromatic heterocycles. The molecule has 1 atom stereocenters. The van der Waals surface area contributed by atoms with E-state index in [9.17, 15) is 18.4 Å². The van der Waals surface area contributed by atoms with Crippen LogP contribution in [0.25, 0.3) is 0 Å². The summed E-state index contributed by atoms with van der Waals surface area (Å²) in [5.41, 5.74) is -1.07. The van der Waals surface area contributed by atoms with Gasteiger partial charge in [-0.3, -0.25) is 4.79 Å². The van der Waals surface area contributed by atoms with E-state index in [2.05, 4.69) is 0 Å². The molecule has 0 saturated carbocycles. The van der Waals surface area contributed by atoms with Crippen LogP contribution in [0.1, 0.15) is 46.6 Å². The first-order valence-electron chi connectivity index (χ1n) is 5.66. The molecule has 0 aliphatic heterocycles. The first-order valence-corrected chi connectivity index (χ1v) is 6.10. The molecule has 0 N–H and O–H groups in total. The van der Waals surface area contributed by atoms with Gasteiger partial charge in [0, 0.05) is 11.1 Å². The van der Waals surface area contributed by atoms with E-state index in [-0.39, 0.29) is 12.2 Å². The van der Waals surface area contributed by atoms with Crippen molar-refractivity contribution < 1.29 is 23.1 Å². The molecule has 1 unspecified atom stereocenters. The molecule has 3 nitrogen and oxygen atoms in total. The number of rotatable bonds is 5. The maximum atomic E-state index is 12.9. The van der Waals surface area contributed by atoms with Gasteiger partial charge < -0.3 is 4.74 Å². The third-order valence-electron chi connectivity index (χ3n) is 2.44. The van der Waals surface area contributed by atoms with Crippen molar-refractivity contribution in [3.63, 3.8) is 0 Å². The molecule has 1 aromatic carbocycles. The van der Waals surface area contributed by atoms with E-state index in [1.807, 2.05) is 0 Å². The SMILES string of the molecule is CCOC(=O)c1c(C(=O)C(C)Cl)cccc1C(F)F. The number of carbonyl (C=O) groups is 2. The summed E-state index contributed by atoms with van der Waals surface area (Å²) < 4.78 is 30.6. The molecule has 0 bridgehead atoms. The Labute approximate surface area is 114 Å². The van der Waals surface area contributed by atoms with Crippen LogP contribution in [-0.4, -0.2) is 23.7 Å². The van der Waals surface area contributed by atoms with Crippen LogP contribution in [0.3, 0.4) is 0 Å². The number of halogens is 3. The van der Waals surface area contributed by atoms with Crippen LogP contribution >= 0.6 is 11.6 Å². The number of Topliss-reactive ketones (excluding diaryl/α,β-unsaturated/α-hetero) is 1. The minimum atomic E-state index is -2.88. The predicted octanol–water partition coefficient (Wildman–Crippen LogP) is 3.61. The highest BCUT2D eigenvalue weighted by Crippen LogP contribution is 2.27. The van der Waals surface area contributed by atoms with Gasteiger partial charge in [0.2, 0.25) is 0 Å². The van der Waals surface area contributed by atoms with Crippen molar-refractivity contribution in [2.24, 2.45) is 0 Å². The fraction of sp³-hybridized carbons (Fsp3) is 0.385. The Morgan fingerprint density at radius 1 is 1.37 bits per heavy atom. The third kappa shape index (κ3) is 3.50. The number of ketones is 1. The highest BCUT2D eigenvalue weighted by atomic mass is 35.5. The molecule has 1 aromatic rings. The van der Waals surface area contributed by atoms with Crippen molar-refractivity contribution in [3.05, 3.63) is 34.9 Å². The summed E-state index contributed by atoms with van der Waals surface area (Å²) in [6.45, 7) is 2.99. The number of carbonyl (C=O) groups excluding carboxylic acids is 2. The Morgan fingerprint density at radius 3 is 2.47 bits per heavy atom. The van der Waals surface area contributed by atoms with Crippen LogP contribution in [0.5, 0.6) is 0 Å². The molecule has 104 valence electrons. The summed E-state index contributed by atoms with van der Waals surface area (Å²) in [6, 6.07) is 3.67. The van der Waals surface area contributed by atoms with Gasteiger partial charge >= 0.3 is 5.97 Å². The Kier molecular flexibility index (Phi) is 5.42. The van der Waals surface area contributed by atoms with E-state index >= 15 is 0 Å². The van der Waals surface area contributed by atoms with Crippen molar-refractivity contribution in [3.8, 4) is 0 Å². The largest absolute Gasteiger partial charge is 0.462 e. The van der Waals surface area contributed by atoms with Gasteiger partial charge in [-0.2, -0.15) is 0 Å². The van der Waals surface area contributed by atoms with Gasteiger partial charge in [-0.1, -0.05) is 18.2 Å². The van der Waals surface area contributed by atoms with Crippen LogP contribution in [0.4, 0.5) is 8.78 Å². The number of hydrogen-bond acceptors (Lipinski definition) is 3. The standard InChI is InChI=1S/C13H13ClF2O3/c1-3-19-13(18)10-8(11(17)7(2)14)5-4-6-9(10)12(15)16/h4-7,12H,3H2,1-2H3. The number of alkyl halides is 3. The molecule has 0 aliphatic carbocycles. The summed E-state index contributed by atoms with van der Waals surface area (Å²) in [6.07, 6.45) is -2.88. The van der Waals surface area contributed by atoms with E-state index < -0.39 is 34.7 Å². The minimum Gasteiger partial charge on any atom is -0.462 e. The van der Waals surface area contributed by atoms with Gasteiger partial charge in [0.25, 0.3) is 6.43 Å². The van der Waals surface area contributed by atoms with Crippen molar-refractivity contribution >= 4 is 23.4 Å². The molecule has 6 heteroatoms. The molecule has 1 rings (SSSR count). The van der Waals surface area contributed by atoms with Crippen LogP contribution < -0.4 is 0 Å². The maximum Gasteiger partial charge on any atom is 0.339 e. The van der Waals surface area contributed by atoms with Crippen molar-refractivity contribution in [1.29, 1.82) is 0 Å². The second kappa shape index (κ2) is 6.61.